The Hall–Kier alpha value is -0.610. The lowest BCUT2D eigenvalue weighted by Crippen LogP contribution is -2.49. The SMILES string of the molecule is CNC(C)(CCOC1CCC1)C(=O)OC. The molecule has 0 radical (unpaired) electrons. The van der Waals surface area contributed by atoms with Gasteiger partial charge in [-0.3, -0.25) is 4.79 Å². The van der Waals surface area contributed by atoms with Crippen molar-refractivity contribution in [3.05, 3.63) is 0 Å². The standard InChI is InChI=1S/C11H21NO3/c1-11(12-2,10(13)14-3)7-8-15-9-5-4-6-9/h9,12H,4-8H2,1-3H3. The summed E-state index contributed by atoms with van der Waals surface area (Å²) in [6, 6.07) is 0. The summed E-state index contributed by atoms with van der Waals surface area (Å²) in [5.74, 6) is -0.234. The summed E-state index contributed by atoms with van der Waals surface area (Å²) >= 11 is 0. The number of likely N-dealkylation sites (N-methyl/N-ethyl adjacent to an activating group) is 1. The molecule has 4 heteroatoms. The minimum atomic E-state index is -0.626. The first-order valence-electron chi connectivity index (χ1n) is 5.51. The Morgan fingerprint density at radius 3 is 2.60 bits per heavy atom. The summed E-state index contributed by atoms with van der Waals surface area (Å²) in [5.41, 5.74) is -0.626. The van der Waals surface area contributed by atoms with Gasteiger partial charge in [0.25, 0.3) is 0 Å². The molecule has 0 amide bonds. The lowest BCUT2D eigenvalue weighted by atomic mass is 9.95. The van der Waals surface area contributed by atoms with Gasteiger partial charge in [-0.15, -0.1) is 0 Å². The minimum absolute atomic E-state index is 0.234. The fourth-order valence-corrected chi connectivity index (χ4v) is 1.52. The Labute approximate surface area is 91.3 Å². The van der Waals surface area contributed by atoms with Gasteiger partial charge in [0.05, 0.1) is 13.2 Å². The van der Waals surface area contributed by atoms with Crippen molar-refractivity contribution in [2.45, 2.75) is 44.2 Å². The van der Waals surface area contributed by atoms with E-state index in [-0.39, 0.29) is 5.97 Å². The van der Waals surface area contributed by atoms with Crippen LogP contribution in [0.25, 0.3) is 0 Å². The van der Waals surface area contributed by atoms with E-state index in [1.54, 1.807) is 7.05 Å². The van der Waals surface area contributed by atoms with E-state index in [1.807, 2.05) is 6.92 Å². The van der Waals surface area contributed by atoms with Gasteiger partial charge in [-0.2, -0.15) is 0 Å². The molecule has 15 heavy (non-hydrogen) atoms. The second-order valence-corrected chi connectivity index (χ2v) is 4.25. The predicted molar refractivity (Wildman–Crippen MR) is 57.7 cm³/mol. The van der Waals surface area contributed by atoms with Crippen LogP contribution in [0.4, 0.5) is 0 Å². The number of methoxy groups -OCH3 is 1. The summed E-state index contributed by atoms with van der Waals surface area (Å²) in [7, 11) is 3.17. The highest BCUT2D eigenvalue weighted by molar-refractivity contribution is 5.80. The average Bonchev–Trinajstić information content (AvgIpc) is 2.20. The first-order valence-corrected chi connectivity index (χ1v) is 5.51. The Morgan fingerprint density at radius 1 is 1.53 bits per heavy atom. The van der Waals surface area contributed by atoms with Crippen LogP contribution in [0.3, 0.4) is 0 Å². The van der Waals surface area contributed by atoms with Gasteiger partial charge in [0.2, 0.25) is 0 Å². The maximum atomic E-state index is 11.5. The van der Waals surface area contributed by atoms with Crippen LogP contribution in [0.1, 0.15) is 32.6 Å². The molecule has 1 aliphatic rings. The first-order chi connectivity index (χ1) is 7.12. The number of carbonyl (C=O) groups is 1. The monoisotopic (exact) mass is 215 g/mol. The number of hydrogen-bond donors (Lipinski definition) is 1. The number of esters is 1. The van der Waals surface area contributed by atoms with E-state index >= 15 is 0 Å². The van der Waals surface area contributed by atoms with Gasteiger partial charge in [-0.05, 0) is 39.7 Å². The fraction of sp³-hybridized carbons (Fsp3) is 0.909. The Kier molecular flexibility index (Phi) is 4.54. The predicted octanol–water partition coefficient (Wildman–Crippen LogP) is 1.10. The topological polar surface area (TPSA) is 47.6 Å². The lowest BCUT2D eigenvalue weighted by Gasteiger charge is -2.29. The van der Waals surface area contributed by atoms with Gasteiger partial charge in [0, 0.05) is 6.61 Å². The van der Waals surface area contributed by atoms with Crippen molar-refractivity contribution in [3.8, 4) is 0 Å². The largest absolute Gasteiger partial charge is 0.468 e. The molecule has 1 atom stereocenters. The summed E-state index contributed by atoms with van der Waals surface area (Å²) in [5, 5.41) is 2.98. The molecule has 1 fully saturated rings. The van der Waals surface area contributed by atoms with Crippen LogP contribution in [0.5, 0.6) is 0 Å². The van der Waals surface area contributed by atoms with Gasteiger partial charge in [-0.1, -0.05) is 0 Å². The Balaban J connectivity index is 2.28. The van der Waals surface area contributed by atoms with Crippen molar-refractivity contribution in [1.29, 1.82) is 0 Å². The van der Waals surface area contributed by atoms with Crippen LogP contribution in [-0.2, 0) is 14.3 Å². The van der Waals surface area contributed by atoms with E-state index < -0.39 is 5.54 Å². The first kappa shape index (κ1) is 12.5. The number of nitrogens with one attached hydrogen (secondary N) is 1. The van der Waals surface area contributed by atoms with E-state index in [1.165, 1.54) is 13.5 Å². The van der Waals surface area contributed by atoms with Crippen LogP contribution in [-0.4, -0.2) is 38.4 Å². The third kappa shape index (κ3) is 3.18. The maximum Gasteiger partial charge on any atom is 0.325 e. The summed E-state index contributed by atoms with van der Waals surface area (Å²) in [6.07, 6.45) is 4.66. The number of carbonyl (C=O) groups excluding carboxylic acids is 1. The van der Waals surface area contributed by atoms with E-state index in [4.69, 9.17) is 9.47 Å². The van der Waals surface area contributed by atoms with Gasteiger partial charge in [0.15, 0.2) is 0 Å². The Bertz CT molecular complexity index is 216. The minimum Gasteiger partial charge on any atom is -0.468 e. The summed E-state index contributed by atoms with van der Waals surface area (Å²) < 4.78 is 10.4. The van der Waals surface area contributed by atoms with Gasteiger partial charge in [-0.25, -0.2) is 0 Å². The van der Waals surface area contributed by atoms with E-state index in [2.05, 4.69) is 5.32 Å². The van der Waals surface area contributed by atoms with Gasteiger partial charge < -0.3 is 14.8 Å². The van der Waals surface area contributed by atoms with Crippen molar-refractivity contribution in [2.24, 2.45) is 0 Å². The molecule has 1 rings (SSSR count). The molecular weight excluding hydrogens is 194 g/mol. The fourth-order valence-electron chi connectivity index (χ4n) is 1.52. The number of rotatable bonds is 6. The van der Waals surface area contributed by atoms with Crippen molar-refractivity contribution in [2.75, 3.05) is 20.8 Å². The zero-order chi connectivity index (χ0) is 11.3. The van der Waals surface area contributed by atoms with E-state index in [0.717, 1.165) is 12.8 Å². The van der Waals surface area contributed by atoms with Gasteiger partial charge >= 0.3 is 5.97 Å². The van der Waals surface area contributed by atoms with Gasteiger partial charge in [0.1, 0.15) is 5.54 Å². The molecule has 0 saturated heterocycles. The lowest BCUT2D eigenvalue weighted by molar-refractivity contribution is -0.149. The zero-order valence-corrected chi connectivity index (χ0v) is 9.84. The smallest absolute Gasteiger partial charge is 0.325 e. The molecule has 1 aliphatic carbocycles. The van der Waals surface area contributed by atoms with Crippen molar-refractivity contribution in [3.63, 3.8) is 0 Å². The molecule has 0 aromatic rings. The summed E-state index contributed by atoms with van der Waals surface area (Å²) in [6.45, 7) is 2.44. The number of ether oxygens (including phenoxy) is 2. The van der Waals surface area contributed by atoms with Crippen LogP contribution in [0.15, 0.2) is 0 Å². The molecule has 0 aromatic heterocycles. The molecule has 4 nitrogen and oxygen atoms in total. The second kappa shape index (κ2) is 5.47. The Morgan fingerprint density at radius 2 is 2.20 bits per heavy atom. The van der Waals surface area contributed by atoms with Crippen molar-refractivity contribution < 1.29 is 14.3 Å². The molecule has 0 bridgehead atoms. The van der Waals surface area contributed by atoms with E-state index in [0.29, 0.717) is 19.1 Å². The van der Waals surface area contributed by atoms with Crippen LogP contribution in [0.2, 0.25) is 0 Å². The normalized spacial score (nSPS) is 20.5. The molecule has 88 valence electrons. The van der Waals surface area contributed by atoms with Crippen LogP contribution in [0, 0.1) is 0 Å². The quantitative estimate of drug-likeness (QED) is 0.674. The summed E-state index contributed by atoms with van der Waals surface area (Å²) in [4.78, 5) is 11.5. The molecule has 1 saturated carbocycles. The molecule has 1 N–H and O–H groups in total. The maximum absolute atomic E-state index is 11.5. The van der Waals surface area contributed by atoms with Crippen LogP contribution >= 0.6 is 0 Å². The average molecular weight is 215 g/mol. The highest BCUT2D eigenvalue weighted by Gasteiger charge is 2.32. The molecule has 0 heterocycles. The second-order valence-electron chi connectivity index (χ2n) is 4.25. The number of hydrogen-bond acceptors (Lipinski definition) is 4. The molecule has 0 aromatic carbocycles. The molecule has 0 spiro atoms. The third-order valence-electron chi connectivity index (χ3n) is 3.20. The highest BCUT2D eigenvalue weighted by Crippen LogP contribution is 2.23. The highest BCUT2D eigenvalue weighted by atomic mass is 16.5. The molecule has 0 aliphatic heterocycles. The van der Waals surface area contributed by atoms with Crippen molar-refractivity contribution in [1.82, 2.24) is 5.32 Å². The molecule has 1 unspecified atom stereocenters. The van der Waals surface area contributed by atoms with Crippen LogP contribution < -0.4 is 5.32 Å². The third-order valence-corrected chi connectivity index (χ3v) is 3.20. The zero-order valence-electron chi connectivity index (χ0n) is 9.84. The van der Waals surface area contributed by atoms with E-state index in [9.17, 15) is 4.79 Å². The van der Waals surface area contributed by atoms with Crippen molar-refractivity contribution >= 4 is 5.97 Å². The molecular formula is C11H21NO3.